The van der Waals surface area contributed by atoms with Gasteiger partial charge < -0.3 is 10.2 Å². The van der Waals surface area contributed by atoms with Crippen molar-refractivity contribution in [1.82, 2.24) is 0 Å². The van der Waals surface area contributed by atoms with Crippen LogP contribution in [0.1, 0.15) is 85.5 Å². The van der Waals surface area contributed by atoms with E-state index in [1.54, 1.807) is 0 Å². The van der Waals surface area contributed by atoms with Gasteiger partial charge >= 0.3 is 5.97 Å². The monoisotopic (exact) mass is 286 g/mol. The topological polar surface area (TPSA) is 63.0 Å². The normalized spacial score (nSPS) is 17.4. The summed E-state index contributed by atoms with van der Waals surface area (Å²) in [6.45, 7) is 8.22. The predicted octanol–water partition coefficient (Wildman–Crippen LogP) is 3.16. The van der Waals surface area contributed by atoms with Gasteiger partial charge in [-0.15, -0.1) is 5.60 Å². The van der Waals surface area contributed by atoms with E-state index in [-0.39, 0.29) is 0 Å². The van der Waals surface area contributed by atoms with Crippen molar-refractivity contribution in [2.75, 3.05) is 0 Å². The van der Waals surface area contributed by atoms with E-state index in [9.17, 15) is 9.90 Å². The molecule has 120 valence electrons. The van der Waals surface area contributed by atoms with Crippen LogP contribution in [0.15, 0.2) is 0 Å². The minimum atomic E-state index is -0.739. The Labute approximate surface area is 124 Å². The maximum atomic E-state index is 11.8. The second kappa shape index (κ2) is 10.2. The SMILES string of the molecule is CCC(C)([O-])CCCC(C)CCCC(C)CCC(=O)[OH2+]. The standard InChI is InChI=1S/C17H33O3/c1-5-17(4,20)13-7-10-14(2)8-6-9-15(3)11-12-16(18)19/h14-15H,5-13H2,1-4H3,(H,18,19)/q-1/p+1. The highest BCUT2D eigenvalue weighted by Gasteiger charge is 2.11. The highest BCUT2D eigenvalue weighted by atomic mass is 16.4. The molecule has 0 aliphatic carbocycles. The van der Waals surface area contributed by atoms with Gasteiger partial charge in [-0.25, -0.2) is 0 Å². The molecule has 3 heteroatoms. The molecule has 0 amide bonds. The largest absolute Gasteiger partial charge is 0.850 e. The fourth-order valence-electron chi connectivity index (χ4n) is 2.48. The Morgan fingerprint density at radius 2 is 1.60 bits per heavy atom. The van der Waals surface area contributed by atoms with E-state index in [1.807, 2.05) is 13.8 Å². The van der Waals surface area contributed by atoms with Crippen LogP contribution >= 0.6 is 0 Å². The first kappa shape index (κ1) is 19.4. The van der Waals surface area contributed by atoms with Crippen LogP contribution < -0.4 is 5.11 Å². The molecule has 0 saturated carbocycles. The summed E-state index contributed by atoms with van der Waals surface area (Å²) in [7, 11) is 0. The van der Waals surface area contributed by atoms with Crippen LogP contribution in [0.25, 0.3) is 0 Å². The summed E-state index contributed by atoms with van der Waals surface area (Å²) in [4.78, 5) is 10.6. The van der Waals surface area contributed by atoms with Crippen LogP contribution in [0.3, 0.4) is 0 Å². The summed E-state index contributed by atoms with van der Waals surface area (Å²) in [5.41, 5.74) is -0.739. The van der Waals surface area contributed by atoms with E-state index >= 15 is 0 Å². The van der Waals surface area contributed by atoms with E-state index in [1.165, 1.54) is 12.8 Å². The maximum Gasteiger partial charge on any atom is 0.515 e. The number of rotatable bonds is 12. The summed E-state index contributed by atoms with van der Waals surface area (Å²) in [5, 5.41) is 18.7. The third kappa shape index (κ3) is 11.3. The third-order valence-corrected chi connectivity index (χ3v) is 4.41. The van der Waals surface area contributed by atoms with Crippen molar-refractivity contribution < 1.29 is 15.0 Å². The summed E-state index contributed by atoms with van der Waals surface area (Å²) in [6.07, 6.45) is 8.49. The van der Waals surface area contributed by atoms with Gasteiger partial charge in [0, 0.05) is 4.79 Å². The van der Waals surface area contributed by atoms with Gasteiger partial charge in [0.05, 0.1) is 0 Å². The quantitative estimate of drug-likeness (QED) is 0.517. The van der Waals surface area contributed by atoms with Gasteiger partial charge in [-0.05, 0) is 18.3 Å². The molecular weight excluding hydrogens is 252 g/mol. The first-order valence-corrected chi connectivity index (χ1v) is 8.21. The number of carbonyl (C=O) groups is 1. The lowest BCUT2D eigenvalue weighted by atomic mass is 9.90. The molecule has 0 spiro atoms. The summed E-state index contributed by atoms with van der Waals surface area (Å²) < 4.78 is 0. The summed E-state index contributed by atoms with van der Waals surface area (Å²) in [5.74, 6) is 0.788. The van der Waals surface area contributed by atoms with Gasteiger partial charge in [0.2, 0.25) is 0 Å². The fourth-order valence-corrected chi connectivity index (χ4v) is 2.48. The lowest BCUT2D eigenvalue weighted by Crippen LogP contribution is -2.39. The molecule has 3 unspecified atom stereocenters. The lowest BCUT2D eigenvalue weighted by Gasteiger charge is -2.35. The molecule has 0 aromatic heterocycles. The molecule has 0 heterocycles. The number of hydrogen-bond donors (Lipinski definition) is 0. The molecule has 0 aliphatic rings. The minimum Gasteiger partial charge on any atom is -0.850 e. The van der Waals surface area contributed by atoms with Crippen molar-refractivity contribution in [2.24, 2.45) is 11.8 Å². The Balaban J connectivity index is 3.58. The Bertz CT molecular complexity index is 261. The Morgan fingerprint density at radius 3 is 2.10 bits per heavy atom. The first-order chi connectivity index (χ1) is 9.26. The molecule has 20 heavy (non-hydrogen) atoms. The molecule has 0 aromatic rings. The van der Waals surface area contributed by atoms with Crippen LogP contribution in [-0.2, 0) is 4.79 Å². The highest BCUT2D eigenvalue weighted by Crippen LogP contribution is 2.22. The van der Waals surface area contributed by atoms with Crippen molar-refractivity contribution in [3.05, 3.63) is 0 Å². The molecule has 0 radical (unpaired) electrons. The van der Waals surface area contributed by atoms with E-state index in [0.29, 0.717) is 24.7 Å². The van der Waals surface area contributed by atoms with Gasteiger partial charge in [0.15, 0.2) is 0 Å². The van der Waals surface area contributed by atoms with E-state index in [4.69, 9.17) is 5.11 Å². The summed E-state index contributed by atoms with van der Waals surface area (Å²) >= 11 is 0. The average Bonchev–Trinajstić information content (AvgIpc) is 2.36. The second-order valence-electron chi connectivity index (χ2n) is 6.80. The Morgan fingerprint density at radius 1 is 1.10 bits per heavy atom. The zero-order valence-corrected chi connectivity index (χ0v) is 13.8. The lowest BCUT2D eigenvalue weighted by molar-refractivity contribution is -0.474. The second-order valence-corrected chi connectivity index (χ2v) is 6.80. The van der Waals surface area contributed by atoms with Crippen LogP contribution in [0.2, 0.25) is 0 Å². The molecule has 0 saturated heterocycles. The number of hydrogen-bond acceptors (Lipinski definition) is 2. The molecule has 0 rings (SSSR count). The molecular formula is C17H34O3. The minimum absolute atomic E-state index is 0.399. The summed E-state index contributed by atoms with van der Waals surface area (Å²) in [6, 6.07) is 0. The van der Waals surface area contributed by atoms with Crippen LogP contribution in [-0.4, -0.2) is 16.7 Å². The van der Waals surface area contributed by atoms with Gasteiger partial charge in [-0.1, -0.05) is 72.6 Å². The van der Waals surface area contributed by atoms with Crippen molar-refractivity contribution >= 4 is 5.97 Å². The average molecular weight is 286 g/mol. The molecule has 2 N–H and O–H groups in total. The van der Waals surface area contributed by atoms with E-state index < -0.39 is 11.6 Å². The van der Waals surface area contributed by atoms with Gasteiger partial charge in [0.25, 0.3) is 0 Å². The van der Waals surface area contributed by atoms with Crippen LogP contribution in [0.4, 0.5) is 0 Å². The Hall–Kier alpha value is -0.570. The zero-order chi connectivity index (χ0) is 15.6. The van der Waals surface area contributed by atoms with Crippen molar-refractivity contribution in [3.8, 4) is 0 Å². The maximum absolute atomic E-state index is 11.8. The van der Waals surface area contributed by atoms with Crippen LogP contribution in [0, 0.1) is 11.8 Å². The van der Waals surface area contributed by atoms with Gasteiger partial charge in [-0.2, -0.15) is 0 Å². The van der Waals surface area contributed by atoms with E-state index in [0.717, 1.165) is 32.1 Å². The molecule has 3 nitrogen and oxygen atoms in total. The molecule has 3 atom stereocenters. The smallest absolute Gasteiger partial charge is 0.515 e. The van der Waals surface area contributed by atoms with E-state index in [2.05, 4.69) is 13.8 Å². The third-order valence-electron chi connectivity index (χ3n) is 4.41. The van der Waals surface area contributed by atoms with Crippen LogP contribution in [0.5, 0.6) is 0 Å². The van der Waals surface area contributed by atoms with Crippen molar-refractivity contribution in [3.63, 3.8) is 0 Å². The number of carbonyl (C=O) groups excluding carboxylic acids is 1. The highest BCUT2D eigenvalue weighted by molar-refractivity contribution is 5.66. The Kier molecular flexibility index (Phi) is 9.91. The molecule has 0 aromatic carbocycles. The first-order valence-electron chi connectivity index (χ1n) is 8.21. The molecule has 0 aliphatic heterocycles. The predicted molar refractivity (Wildman–Crippen MR) is 82.6 cm³/mol. The van der Waals surface area contributed by atoms with Crippen molar-refractivity contribution in [2.45, 2.75) is 91.1 Å². The zero-order valence-electron chi connectivity index (χ0n) is 13.8. The van der Waals surface area contributed by atoms with Gasteiger partial charge in [-0.3, -0.25) is 0 Å². The van der Waals surface area contributed by atoms with Crippen molar-refractivity contribution in [1.29, 1.82) is 0 Å². The molecule has 0 fully saturated rings. The van der Waals surface area contributed by atoms with Gasteiger partial charge in [0.1, 0.15) is 6.42 Å². The fraction of sp³-hybridized carbons (Fsp3) is 0.941. The molecule has 0 bridgehead atoms.